The Kier molecular flexibility index (Phi) is 13.6. The fraction of sp³-hybridized carbons (Fsp3) is 0.486. The van der Waals surface area contributed by atoms with E-state index in [0.29, 0.717) is 0 Å². The molecule has 15 heteroatoms. The van der Waals surface area contributed by atoms with Crippen LogP contribution in [0.1, 0.15) is 61.0 Å². The first-order chi connectivity index (χ1) is 22.8. The Hall–Kier alpha value is -4.24. The van der Waals surface area contributed by atoms with Crippen LogP contribution < -0.4 is 20.7 Å². The zero-order chi connectivity index (χ0) is 38.4. The van der Waals surface area contributed by atoms with Gasteiger partial charge in [-0.1, -0.05) is 90.9 Å². The summed E-state index contributed by atoms with van der Waals surface area (Å²) in [6.45, 7) is 14.3. The van der Waals surface area contributed by atoms with E-state index in [9.17, 15) is 40.8 Å². The maximum absolute atomic E-state index is 14.1. The van der Waals surface area contributed by atoms with Crippen molar-refractivity contribution in [3.63, 3.8) is 0 Å². The molecule has 276 valence electrons. The first kappa shape index (κ1) is 41.9. The van der Waals surface area contributed by atoms with E-state index in [4.69, 9.17) is 0 Å². The third-order valence-corrected chi connectivity index (χ3v) is 9.66. The molecule has 0 bridgehead atoms. The zero-order valence-corrected chi connectivity index (χ0v) is 30.8. The molecule has 2 aromatic carbocycles. The molecule has 0 aliphatic carbocycles. The summed E-state index contributed by atoms with van der Waals surface area (Å²) in [5, 5.41) is 7.60. The summed E-state index contributed by atoms with van der Waals surface area (Å²) in [7, 11) is -1.39. The first-order valence-corrected chi connectivity index (χ1v) is 17.4. The van der Waals surface area contributed by atoms with Gasteiger partial charge in [-0.25, -0.2) is 13.1 Å². The quantitative estimate of drug-likeness (QED) is 0.222. The number of likely N-dealkylation sites (N-methyl/N-ethyl adjacent to an activating group) is 2. The number of hydrogen-bond acceptors (Lipinski definition) is 7. The van der Waals surface area contributed by atoms with Crippen molar-refractivity contribution in [2.45, 2.75) is 90.0 Å². The summed E-state index contributed by atoms with van der Waals surface area (Å²) >= 11 is 0. The molecule has 0 heterocycles. The van der Waals surface area contributed by atoms with Crippen LogP contribution in [0.25, 0.3) is 0 Å². The number of carbonyl (C=O) groups is 4. The minimum absolute atomic E-state index is 0.0651. The zero-order valence-electron chi connectivity index (χ0n) is 30.0. The maximum Gasteiger partial charge on any atom is 0.471 e. The Labute approximate surface area is 292 Å². The molecule has 0 fully saturated rings. The topological polar surface area (TPSA) is 154 Å². The Bertz CT molecular complexity index is 1690. The molecule has 50 heavy (non-hydrogen) atoms. The number of nitrogens with zero attached hydrogens (tertiary/aromatic N) is 1. The van der Waals surface area contributed by atoms with Gasteiger partial charge in [0.25, 0.3) is 15.9 Å². The lowest BCUT2D eigenvalue weighted by Gasteiger charge is -2.40. The molecule has 2 rings (SSSR count). The van der Waals surface area contributed by atoms with E-state index in [-0.39, 0.29) is 17.4 Å². The van der Waals surface area contributed by atoms with Crippen molar-refractivity contribution < 1.29 is 40.8 Å². The van der Waals surface area contributed by atoms with Crippen molar-refractivity contribution in [1.82, 2.24) is 20.3 Å². The monoisotopic (exact) mass is 723 g/mol. The lowest BCUT2D eigenvalue weighted by Crippen LogP contribution is -2.61. The number of hydrogen-bond donors (Lipinski definition) is 4. The Balaban J connectivity index is 2.33. The SMILES string of the molecule is CN[C@H](C(=O)N[C@H](C(=O)N(C)[C@H](/C=C(\C)C(=O)NS(=O)(=O)c1cccc(NC(=O)C(F)(F)F)c1)C(C)C)C(C)(C)C)C(C)(C)c1ccccc1. The molecule has 4 N–H and O–H groups in total. The summed E-state index contributed by atoms with van der Waals surface area (Å²) in [4.78, 5) is 53.1. The molecule has 0 saturated carbocycles. The molecule has 11 nitrogen and oxygen atoms in total. The fourth-order valence-corrected chi connectivity index (χ4v) is 6.43. The number of carbonyl (C=O) groups excluding carboxylic acids is 4. The molecule has 0 saturated heterocycles. The molecular formula is C35H48F3N5O6S. The Morgan fingerprint density at radius 1 is 0.880 bits per heavy atom. The number of sulfonamides is 1. The highest BCUT2D eigenvalue weighted by molar-refractivity contribution is 7.90. The number of amides is 4. The third-order valence-electron chi connectivity index (χ3n) is 8.33. The van der Waals surface area contributed by atoms with Crippen molar-refractivity contribution in [1.29, 1.82) is 0 Å². The second-order valence-electron chi connectivity index (χ2n) is 14.1. The van der Waals surface area contributed by atoms with E-state index in [0.717, 1.165) is 29.8 Å². The fourth-order valence-electron chi connectivity index (χ4n) is 5.37. The van der Waals surface area contributed by atoms with Crippen LogP contribution in [-0.4, -0.2) is 75.3 Å². The summed E-state index contributed by atoms with van der Waals surface area (Å²) in [6, 6.07) is 11.1. The van der Waals surface area contributed by atoms with Crippen LogP contribution in [-0.2, 0) is 34.6 Å². The number of nitrogens with one attached hydrogen (secondary N) is 4. The largest absolute Gasteiger partial charge is 0.471 e. The summed E-state index contributed by atoms with van der Waals surface area (Å²) < 4.78 is 65.8. The van der Waals surface area contributed by atoms with E-state index in [1.54, 1.807) is 26.2 Å². The van der Waals surface area contributed by atoms with E-state index >= 15 is 0 Å². The molecule has 2 aromatic rings. The smallest absolute Gasteiger partial charge is 0.342 e. The van der Waals surface area contributed by atoms with Crippen LogP contribution in [0.2, 0.25) is 0 Å². The van der Waals surface area contributed by atoms with Crippen molar-refractivity contribution in [2.75, 3.05) is 19.4 Å². The van der Waals surface area contributed by atoms with Gasteiger partial charge in [0.1, 0.15) is 6.04 Å². The van der Waals surface area contributed by atoms with Crippen LogP contribution >= 0.6 is 0 Å². The average Bonchev–Trinajstić information content (AvgIpc) is 3.01. The van der Waals surface area contributed by atoms with E-state index in [2.05, 4.69) is 10.6 Å². The van der Waals surface area contributed by atoms with E-state index in [1.165, 1.54) is 24.9 Å². The van der Waals surface area contributed by atoms with Gasteiger partial charge in [-0.05, 0) is 49.1 Å². The number of alkyl halides is 3. The lowest BCUT2D eigenvalue weighted by atomic mass is 9.76. The highest BCUT2D eigenvalue weighted by Gasteiger charge is 2.42. The van der Waals surface area contributed by atoms with Crippen LogP contribution in [0.5, 0.6) is 0 Å². The Morgan fingerprint density at radius 2 is 1.46 bits per heavy atom. The molecule has 3 atom stereocenters. The summed E-state index contributed by atoms with van der Waals surface area (Å²) in [6.07, 6.45) is -3.76. The van der Waals surface area contributed by atoms with E-state index < -0.39 is 73.5 Å². The van der Waals surface area contributed by atoms with Gasteiger partial charge in [0.15, 0.2) is 0 Å². The standard InChI is InChI=1S/C35H48F3N5O6S/c1-21(2)26(19-22(3)29(44)42-50(48,49)25-18-14-17-24(20-25)40-32(47)35(36,37)38)43(10)31(46)28(33(4,5)6)41-30(45)27(39-9)34(7,8)23-15-12-11-13-16-23/h11-21,26-28,39H,1-10H3,(H,40,47)(H,41,45)(H,42,44)/b22-19+/t26-,27-,28-/m1/s1. The molecule has 0 unspecified atom stereocenters. The van der Waals surface area contributed by atoms with Gasteiger partial charge in [-0.2, -0.15) is 13.2 Å². The third kappa shape index (κ3) is 10.6. The minimum Gasteiger partial charge on any atom is -0.342 e. The van der Waals surface area contributed by atoms with Gasteiger partial charge in [0.05, 0.1) is 17.0 Å². The van der Waals surface area contributed by atoms with Gasteiger partial charge in [-0.15, -0.1) is 0 Å². The minimum atomic E-state index is -5.20. The molecule has 0 radical (unpaired) electrons. The van der Waals surface area contributed by atoms with Crippen LogP contribution in [0.15, 0.2) is 71.1 Å². The molecule has 4 amide bonds. The summed E-state index contributed by atoms with van der Waals surface area (Å²) in [5.74, 6) is -4.42. The van der Waals surface area contributed by atoms with Gasteiger partial charge in [-0.3, -0.25) is 19.2 Å². The highest BCUT2D eigenvalue weighted by atomic mass is 32.2. The van der Waals surface area contributed by atoms with Gasteiger partial charge >= 0.3 is 12.1 Å². The second kappa shape index (κ2) is 16.2. The predicted molar refractivity (Wildman–Crippen MR) is 185 cm³/mol. The molecule has 0 aliphatic rings. The molecular weight excluding hydrogens is 675 g/mol. The van der Waals surface area contributed by atoms with Gasteiger partial charge < -0.3 is 20.9 Å². The number of anilines is 1. The number of halogens is 3. The normalized spacial score (nSPS) is 14.7. The second-order valence-corrected chi connectivity index (χ2v) is 15.7. The number of rotatable bonds is 13. The van der Waals surface area contributed by atoms with Crippen LogP contribution in [0.3, 0.4) is 0 Å². The van der Waals surface area contributed by atoms with Crippen LogP contribution in [0, 0.1) is 11.3 Å². The van der Waals surface area contributed by atoms with Gasteiger partial charge in [0.2, 0.25) is 11.8 Å². The van der Waals surface area contributed by atoms with E-state index in [1.807, 2.05) is 69.7 Å². The molecule has 0 aromatic heterocycles. The number of benzene rings is 2. The first-order valence-electron chi connectivity index (χ1n) is 15.9. The van der Waals surface area contributed by atoms with Crippen molar-refractivity contribution in [3.8, 4) is 0 Å². The Morgan fingerprint density at radius 3 is 1.96 bits per heavy atom. The maximum atomic E-state index is 14.1. The predicted octanol–water partition coefficient (Wildman–Crippen LogP) is 4.52. The van der Waals surface area contributed by atoms with Crippen molar-refractivity contribution in [2.24, 2.45) is 11.3 Å². The highest BCUT2D eigenvalue weighted by Crippen LogP contribution is 2.29. The van der Waals surface area contributed by atoms with Crippen LogP contribution in [0.4, 0.5) is 18.9 Å². The average molecular weight is 724 g/mol. The lowest BCUT2D eigenvalue weighted by molar-refractivity contribution is -0.167. The summed E-state index contributed by atoms with van der Waals surface area (Å²) in [5.41, 5.74) is -0.975. The van der Waals surface area contributed by atoms with Crippen molar-refractivity contribution in [3.05, 3.63) is 71.8 Å². The molecule has 0 aliphatic heterocycles. The molecule has 0 spiro atoms. The van der Waals surface area contributed by atoms with Gasteiger partial charge in [0, 0.05) is 23.7 Å². The van der Waals surface area contributed by atoms with Crippen molar-refractivity contribution >= 4 is 39.3 Å².